The van der Waals surface area contributed by atoms with Crippen molar-refractivity contribution in [3.63, 3.8) is 0 Å². The van der Waals surface area contributed by atoms with E-state index in [1.807, 2.05) is 36.4 Å². The van der Waals surface area contributed by atoms with Gasteiger partial charge in [0.25, 0.3) is 0 Å². The number of nitrogens with one attached hydrogen (secondary N) is 1. The topological polar surface area (TPSA) is 69.2 Å². The summed E-state index contributed by atoms with van der Waals surface area (Å²) in [4.78, 5) is 11.9. The van der Waals surface area contributed by atoms with E-state index in [0.29, 0.717) is 17.1 Å². The number of amides is 1. The zero-order valence-electron chi connectivity index (χ0n) is 13.9. The Bertz CT molecular complexity index is 711. The zero-order chi connectivity index (χ0) is 17.4. The fraction of sp³-hybridized carbons (Fsp3) is 0.222. The predicted molar refractivity (Wildman–Crippen MR) is 92.0 cm³/mol. The van der Waals surface area contributed by atoms with Crippen LogP contribution in [0.15, 0.2) is 47.6 Å². The normalized spacial score (nSPS) is 10.5. The number of ether oxygens (including phenoxy) is 3. The second kappa shape index (κ2) is 8.57. The summed E-state index contributed by atoms with van der Waals surface area (Å²) in [5, 5.41) is 3.97. The lowest BCUT2D eigenvalue weighted by molar-refractivity contribution is -0.120. The molecule has 0 aliphatic rings. The van der Waals surface area contributed by atoms with Gasteiger partial charge in [-0.1, -0.05) is 18.2 Å². The smallest absolute Gasteiger partial charge is 0.244 e. The SMILES string of the molecule is COc1ccc(CC(=O)N/N=C\c2cccc(OC)c2OC)cc1. The molecule has 2 aromatic rings. The third kappa shape index (κ3) is 4.49. The van der Waals surface area contributed by atoms with Crippen LogP contribution in [0.2, 0.25) is 0 Å². The molecule has 0 saturated carbocycles. The Hall–Kier alpha value is -3.02. The number of benzene rings is 2. The van der Waals surface area contributed by atoms with Crippen LogP contribution in [0.1, 0.15) is 11.1 Å². The maximum atomic E-state index is 11.9. The van der Waals surface area contributed by atoms with Crippen LogP contribution in [-0.4, -0.2) is 33.5 Å². The van der Waals surface area contributed by atoms with Crippen LogP contribution in [0.4, 0.5) is 0 Å². The number of hydrogen-bond acceptors (Lipinski definition) is 5. The Morgan fingerprint density at radius 1 is 1.04 bits per heavy atom. The van der Waals surface area contributed by atoms with Crippen molar-refractivity contribution in [3.8, 4) is 17.2 Å². The molecule has 24 heavy (non-hydrogen) atoms. The van der Waals surface area contributed by atoms with Gasteiger partial charge in [-0.15, -0.1) is 0 Å². The molecule has 0 unspecified atom stereocenters. The van der Waals surface area contributed by atoms with Crippen LogP contribution in [-0.2, 0) is 11.2 Å². The van der Waals surface area contributed by atoms with Crippen molar-refractivity contribution in [1.82, 2.24) is 5.43 Å². The second-order valence-electron chi connectivity index (χ2n) is 4.90. The molecule has 0 aromatic heterocycles. The minimum absolute atomic E-state index is 0.210. The molecule has 0 atom stereocenters. The maximum absolute atomic E-state index is 11.9. The zero-order valence-corrected chi connectivity index (χ0v) is 13.9. The van der Waals surface area contributed by atoms with E-state index < -0.39 is 0 Å². The largest absolute Gasteiger partial charge is 0.497 e. The Labute approximate surface area is 141 Å². The molecule has 0 heterocycles. The third-order valence-electron chi connectivity index (χ3n) is 3.35. The van der Waals surface area contributed by atoms with Gasteiger partial charge in [-0.2, -0.15) is 5.10 Å². The first-order chi connectivity index (χ1) is 11.7. The molecular weight excluding hydrogens is 308 g/mol. The van der Waals surface area contributed by atoms with Crippen molar-refractivity contribution in [3.05, 3.63) is 53.6 Å². The van der Waals surface area contributed by atoms with Gasteiger partial charge in [0.1, 0.15) is 5.75 Å². The molecule has 6 nitrogen and oxygen atoms in total. The van der Waals surface area contributed by atoms with Gasteiger partial charge in [0.05, 0.1) is 34.0 Å². The van der Waals surface area contributed by atoms with E-state index >= 15 is 0 Å². The molecule has 2 aromatic carbocycles. The fourth-order valence-corrected chi connectivity index (χ4v) is 2.16. The minimum Gasteiger partial charge on any atom is -0.497 e. The number of rotatable bonds is 7. The summed E-state index contributed by atoms with van der Waals surface area (Å²) in [7, 11) is 4.72. The summed E-state index contributed by atoms with van der Waals surface area (Å²) in [6.45, 7) is 0. The van der Waals surface area contributed by atoms with Gasteiger partial charge in [0, 0.05) is 5.56 Å². The van der Waals surface area contributed by atoms with E-state index in [1.54, 1.807) is 27.4 Å². The highest BCUT2D eigenvalue weighted by Crippen LogP contribution is 2.29. The first-order valence-corrected chi connectivity index (χ1v) is 7.33. The highest BCUT2D eigenvalue weighted by atomic mass is 16.5. The summed E-state index contributed by atoms with van der Waals surface area (Å²) in [6.07, 6.45) is 1.75. The molecule has 1 amide bonds. The molecule has 0 aliphatic carbocycles. The van der Waals surface area contributed by atoms with E-state index in [0.717, 1.165) is 11.3 Å². The molecule has 0 fully saturated rings. The minimum atomic E-state index is -0.210. The summed E-state index contributed by atoms with van der Waals surface area (Å²) in [6, 6.07) is 12.7. The van der Waals surface area contributed by atoms with Gasteiger partial charge in [0.15, 0.2) is 11.5 Å². The Kier molecular flexibility index (Phi) is 6.19. The lowest BCUT2D eigenvalue weighted by atomic mass is 10.1. The molecule has 0 aliphatic heterocycles. The van der Waals surface area contributed by atoms with Crippen molar-refractivity contribution in [1.29, 1.82) is 0 Å². The molecule has 6 heteroatoms. The number of hydrogen-bond donors (Lipinski definition) is 1. The molecule has 0 spiro atoms. The molecule has 0 radical (unpaired) electrons. The van der Waals surface area contributed by atoms with Crippen molar-refractivity contribution < 1.29 is 19.0 Å². The number of carbonyl (C=O) groups excluding carboxylic acids is 1. The highest BCUT2D eigenvalue weighted by molar-refractivity contribution is 5.86. The van der Waals surface area contributed by atoms with Gasteiger partial charge in [-0.25, -0.2) is 5.43 Å². The number of nitrogens with zero attached hydrogens (tertiary/aromatic N) is 1. The van der Waals surface area contributed by atoms with Crippen molar-refractivity contribution >= 4 is 12.1 Å². The summed E-state index contributed by atoms with van der Waals surface area (Å²) in [5.41, 5.74) is 4.09. The van der Waals surface area contributed by atoms with E-state index in [1.165, 1.54) is 6.21 Å². The van der Waals surface area contributed by atoms with Gasteiger partial charge in [-0.3, -0.25) is 4.79 Å². The fourth-order valence-electron chi connectivity index (χ4n) is 2.16. The lowest BCUT2D eigenvalue weighted by Crippen LogP contribution is -2.19. The van der Waals surface area contributed by atoms with Crippen LogP contribution in [0, 0.1) is 0 Å². The average Bonchev–Trinajstić information content (AvgIpc) is 2.62. The third-order valence-corrected chi connectivity index (χ3v) is 3.35. The van der Waals surface area contributed by atoms with Crippen LogP contribution in [0.5, 0.6) is 17.2 Å². The second-order valence-corrected chi connectivity index (χ2v) is 4.90. The van der Waals surface area contributed by atoms with Gasteiger partial charge in [0.2, 0.25) is 5.91 Å². The average molecular weight is 328 g/mol. The van der Waals surface area contributed by atoms with Gasteiger partial charge in [-0.05, 0) is 29.8 Å². The number of hydrazone groups is 1. The Morgan fingerprint density at radius 3 is 2.42 bits per heavy atom. The molecule has 0 bridgehead atoms. The number of para-hydroxylation sites is 1. The van der Waals surface area contributed by atoms with E-state index in [2.05, 4.69) is 10.5 Å². The predicted octanol–water partition coefficient (Wildman–Crippen LogP) is 2.41. The van der Waals surface area contributed by atoms with Crippen LogP contribution in [0.25, 0.3) is 0 Å². The quantitative estimate of drug-likeness (QED) is 0.626. The molecule has 2 rings (SSSR count). The maximum Gasteiger partial charge on any atom is 0.244 e. The number of carbonyl (C=O) groups is 1. The highest BCUT2D eigenvalue weighted by Gasteiger charge is 2.07. The van der Waals surface area contributed by atoms with Crippen molar-refractivity contribution in [2.24, 2.45) is 5.10 Å². The Morgan fingerprint density at radius 2 is 1.79 bits per heavy atom. The molecular formula is C18H20N2O4. The van der Waals surface area contributed by atoms with E-state index in [4.69, 9.17) is 14.2 Å². The van der Waals surface area contributed by atoms with Crippen molar-refractivity contribution in [2.75, 3.05) is 21.3 Å². The Balaban J connectivity index is 1.97. The monoisotopic (exact) mass is 328 g/mol. The van der Waals surface area contributed by atoms with Gasteiger partial charge >= 0.3 is 0 Å². The summed E-state index contributed by atoms with van der Waals surface area (Å²) in [5.74, 6) is 1.71. The van der Waals surface area contributed by atoms with E-state index in [-0.39, 0.29) is 12.3 Å². The van der Waals surface area contributed by atoms with Gasteiger partial charge < -0.3 is 14.2 Å². The lowest BCUT2D eigenvalue weighted by Gasteiger charge is -2.09. The standard InChI is InChI=1S/C18H20N2O4/c1-22-15-9-7-13(8-10-15)11-17(21)20-19-12-14-5-4-6-16(23-2)18(14)24-3/h4-10,12H,11H2,1-3H3,(H,20,21)/b19-12-. The van der Waals surface area contributed by atoms with Crippen LogP contribution >= 0.6 is 0 Å². The molecule has 126 valence electrons. The summed E-state index contributed by atoms with van der Waals surface area (Å²) >= 11 is 0. The first kappa shape index (κ1) is 17.3. The molecule has 0 saturated heterocycles. The number of methoxy groups -OCH3 is 3. The van der Waals surface area contributed by atoms with Crippen LogP contribution in [0.3, 0.4) is 0 Å². The van der Waals surface area contributed by atoms with Crippen LogP contribution < -0.4 is 19.6 Å². The van der Waals surface area contributed by atoms with Crippen molar-refractivity contribution in [2.45, 2.75) is 6.42 Å². The molecule has 1 N–H and O–H groups in total. The summed E-state index contributed by atoms with van der Waals surface area (Å²) < 4.78 is 15.6. The van der Waals surface area contributed by atoms with E-state index in [9.17, 15) is 4.79 Å². The first-order valence-electron chi connectivity index (χ1n) is 7.33.